The Labute approximate surface area is 304 Å². The second kappa shape index (κ2) is 14.1. The summed E-state index contributed by atoms with van der Waals surface area (Å²) in [6.45, 7) is 9.52. The first kappa shape index (κ1) is 35.3. The third-order valence-corrected chi connectivity index (χ3v) is 10.9. The fraction of sp³-hybridized carbons (Fsp3) is 0.415. The number of likely N-dealkylation sites (tertiary alicyclic amines) is 1. The molecule has 7 atom stereocenters. The number of hydrogen-bond donors (Lipinski definition) is 5. The molecular formula is C41H47N5O6. The number of fused-ring (bicyclic) bond motifs is 4. The van der Waals surface area contributed by atoms with E-state index in [9.17, 15) is 24.3 Å². The summed E-state index contributed by atoms with van der Waals surface area (Å²) in [4.78, 5) is 56.1. The van der Waals surface area contributed by atoms with Crippen LogP contribution in [-0.2, 0) is 20.7 Å². The molecule has 3 aromatic carbocycles. The lowest BCUT2D eigenvalue weighted by Gasteiger charge is -2.34. The zero-order valence-corrected chi connectivity index (χ0v) is 29.8. The molecule has 1 saturated carbocycles. The average Bonchev–Trinajstić information content (AvgIpc) is 3.43. The first-order chi connectivity index (χ1) is 24.9. The van der Waals surface area contributed by atoms with Gasteiger partial charge in [-0.05, 0) is 57.6 Å². The van der Waals surface area contributed by atoms with Crippen molar-refractivity contribution in [3.8, 4) is 11.1 Å². The average molecular weight is 706 g/mol. The molecule has 1 heterocycles. The standard InChI is InChI=1S/C41H47N5O6/c1-5-23-18-32(23)43-37(48)33-20-25(42-40(51)52-22-31-29-16-10-8-14-27(29)28-15-9-11-17-30(28)31)21-46(33)39(50)45-36(41(2,3)4)38(49)44-35-26-13-7-6-12-24(26)19-34(35)47/h5-17,23,25,31-36,47H,1,18-22H2,2-4H3,(H,42,51)(H,43,48)(H,44,49)(H,45,50)/t23?,25-,32?,33+,34-,35?,36-/m1/s1. The van der Waals surface area contributed by atoms with Crippen molar-refractivity contribution in [1.82, 2.24) is 26.2 Å². The van der Waals surface area contributed by atoms with Crippen LogP contribution in [0.1, 0.15) is 67.8 Å². The molecule has 3 aromatic rings. The predicted octanol–water partition coefficient (Wildman–Crippen LogP) is 4.56. The largest absolute Gasteiger partial charge is 0.449 e. The number of nitrogens with zero attached hydrogens (tertiary/aromatic N) is 1. The van der Waals surface area contributed by atoms with Gasteiger partial charge in [0, 0.05) is 24.9 Å². The van der Waals surface area contributed by atoms with Gasteiger partial charge >= 0.3 is 12.1 Å². The highest BCUT2D eigenvalue weighted by atomic mass is 16.5. The van der Waals surface area contributed by atoms with Crippen LogP contribution in [0.15, 0.2) is 85.5 Å². The van der Waals surface area contributed by atoms with Gasteiger partial charge in [0.05, 0.1) is 18.2 Å². The maximum atomic E-state index is 14.1. The van der Waals surface area contributed by atoms with E-state index in [4.69, 9.17) is 4.74 Å². The summed E-state index contributed by atoms with van der Waals surface area (Å²) < 4.78 is 5.78. The molecule has 11 nitrogen and oxygen atoms in total. The van der Waals surface area contributed by atoms with Gasteiger partial charge in [0.1, 0.15) is 18.7 Å². The van der Waals surface area contributed by atoms with Crippen LogP contribution in [0.4, 0.5) is 9.59 Å². The van der Waals surface area contributed by atoms with Gasteiger partial charge in [-0.15, -0.1) is 6.58 Å². The monoisotopic (exact) mass is 705 g/mol. The number of amides is 5. The Morgan fingerprint density at radius 3 is 2.17 bits per heavy atom. The molecule has 5 N–H and O–H groups in total. The van der Waals surface area contributed by atoms with E-state index in [1.807, 2.05) is 69.3 Å². The van der Waals surface area contributed by atoms with Crippen molar-refractivity contribution in [2.45, 2.75) is 82.3 Å². The molecule has 4 aliphatic rings. The number of aliphatic hydroxyl groups excluding tert-OH is 1. The number of carbonyl (C=O) groups is 4. The SMILES string of the molecule is C=CC1CC1NC(=O)[C@@H]1C[C@@H](NC(=O)OCC2c3ccccc3-c3ccccc32)CN1C(=O)N[C@H](C(=O)NC1c2ccccc2C[C@H]1O)C(C)(C)C. The van der Waals surface area contributed by atoms with Crippen molar-refractivity contribution in [3.05, 3.63) is 108 Å². The first-order valence-electron chi connectivity index (χ1n) is 18.1. The minimum Gasteiger partial charge on any atom is -0.449 e. The van der Waals surface area contributed by atoms with E-state index in [1.54, 1.807) is 6.08 Å². The zero-order valence-electron chi connectivity index (χ0n) is 29.8. The lowest BCUT2D eigenvalue weighted by molar-refractivity contribution is -0.126. The molecule has 2 fully saturated rings. The highest BCUT2D eigenvalue weighted by Gasteiger charge is 2.46. The number of benzene rings is 3. The molecule has 1 aliphatic heterocycles. The highest BCUT2D eigenvalue weighted by Crippen LogP contribution is 2.44. The van der Waals surface area contributed by atoms with Gasteiger partial charge in [0.25, 0.3) is 0 Å². The number of carbonyl (C=O) groups excluding carboxylic acids is 4. The van der Waals surface area contributed by atoms with Crippen LogP contribution in [-0.4, -0.2) is 77.4 Å². The van der Waals surface area contributed by atoms with Gasteiger partial charge < -0.3 is 36.0 Å². The van der Waals surface area contributed by atoms with Crippen LogP contribution in [0.2, 0.25) is 0 Å². The topological polar surface area (TPSA) is 149 Å². The molecule has 0 radical (unpaired) electrons. The molecule has 0 aromatic heterocycles. The number of ether oxygens (including phenoxy) is 1. The van der Waals surface area contributed by atoms with Gasteiger partial charge in [-0.3, -0.25) is 9.59 Å². The summed E-state index contributed by atoms with van der Waals surface area (Å²) >= 11 is 0. The molecule has 3 aliphatic carbocycles. The van der Waals surface area contributed by atoms with Crippen molar-refractivity contribution < 1.29 is 29.0 Å². The number of aliphatic hydroxyl groups is 1. The van der Waals surface area contributed by atoms with Crippen molar-refractivity contribution in [1.29, 1.82) is 0 Å². The first-order valence-corrected chi connectivity index (χ1v) is 18.1. The van der Waals surface area contributed by atoms with E-state index in [-0.39, 0.29) is 43.4 Å². The van der Waals surface area contributed by atoms with Crippen molar-refractivity contribution >= 4 is 23.9 Å². The van der Waals surface area contributed by atoms with Crippen LogP contribution in [0.3, 0.4) is 0 Å². The van der Waals surface area contributed by atoms with Gasteiger partial charge in [0.15, 0.2) is 0 Å². The highest BCUT2D eigenvalue weighted by molar-refractivity contribution is 5.92. The van der Waals surface area contributed by atoms with E-state index in [0.717, 1.165) is 39.8 Å². The molecule has 1 saturated heterocycles. The number of rotatable bonds is 9. The minimum absolute atomic E-state index is 0.0386. The predicted molar refractivity (Wildman–Crippen MR) is 196 cm³/mol. The summed E-state index contributed by atoms with van der Waals surface area (Å²) in [6, 6.07) is 20.0. The smallest absolute Gasteiger partial charge is 0.407 e. The normalized spacial score (nSPS) is 24.9. The Hall–Kier alpha value is -5.16. The molecule has 0 bridgehead atoms. The summed E-state index contributed by atoms with van der Waals surface area (Å²) in [7, 11) is 0. The molecular weight excluding hydrogens is 658 g/mol. The van der Waals surface area contributed by atoms with E-state index >= 15 is 0 Å². The van der Waals surface area contributed by atoms with Gasteiger partial charge in [0.2, 0.25) is 11.8 Å². The lowest BCUT2D eigenvalue weighted by atomic mass is 9.86. The fourth-order valence-electron chi connectivity index (χ4n) is 8.01. The van der Waals surface area contributed by atoms with E-state index in [2.05, 4.69) is 52.1 Å². The van der Waals surface area contributed by atoms with E-state index < -0.39 is 53.7 Å². The number of urea groups is 1. The van der Waals surface area contributed by atoms with Crippen LogP contribution in [0, 0.1) is 11.3 Å². The molecule has 272 valence electrons. The number of nitrogens with one attached hydrogen (secondary N) is 4. The summed E-state index contributed by atoms with van der Waals surface area (Å²) in [5.41, 5.74) is 5.53. The minimum atomic E-state index is -0.994. The molecule has 11 heteroatoms. The Kier molecular flexibility index (Phi) is 9.56. The van der Waals surface area contributed by atoms with Gasteiger partial charge in [-0.25, -0.2) is 9.59 Å². The van der Waals surface area contributed by atoms with Crippen LogP contribution >= 0.6 is 0 Å². The second-order valence-corrected chi connectivity index (χ2v) is 15.5. The van der Waals surface area contributed by atoms with Crippen molar-refractivity contribution in [2.75, 3.05) is 13.2 Å². The van der Waals surface area contributed by atoms with Crippen LogP contribution in [0.25, 0.3) is 11.1 Å². The third-order valence-electron chi connectivity index (χ3n) is 10.9. The molecule has 52 heavy (non-hydrogen) atoms. The third kappa shape index (κ3) is 7.01. The van der Waals surface area contributed by atoms with E-state index in [0.29, 0.717) is 6.42 Å². The summed E-state index contributed by atoms with van der Waals surface area (Å²) in [5.74, 6) is -0.712. The Bertz CT molecular complexity index is 1840. The van der Waals surface area contributed by atoms with Crippen LogP contribution < -0.4 is 21.3 Å². The van der Waals surface area contributed by atoms with Gasteiger partial charge in [-0.2, -0.15) is 0 Å². The maximum Gasteiger partial charge on any atom is 0.407 e. The molecule has 5 amide bonds. The molecule has 0 spiro atoms. The van der Waals surface area contributed by atoms with E-state index in [1.165, 1.54) is 4.90 Å². The maximum absolute atomic E-state index is 14.1. The summed E-state index contributed by atoms with van der Waals surface area (Å²) in [6.07, 6.45) is 1.74. The zero-order chi connectivity index (χ0) is 36.7. The van der Waals surface area contributed by atoms with Crippen LogP contribution in [0.5, 0.6) is 0 Å². The number of alkyl carbamates (subject to hydrolysis) is 1. The molecule has 3 unspecified atom stereocenters. The van der Waals surface area contributed by atoms with Gasteiger partial charge in [-0.1, -0.05) is 99.6 Å². The Morgan fingerprint density at radius 2 is 1.54 bits per heavy atom. The van der Waals surface area contributed by atoms with Crippen molar-refractivity contribution in [3.63, 3.8) is 0 Å². The van der Waals surface area contributed by atoms with Crippen molar-refractivity contribution in [2.24, 2.45) is 11.3 Å². The summed E-state index contributed by atoms with van der Waals surface area (Å²) in [5, 5.41) is 22.6. The Morgan fingerprint density at radius 1 is 0.904 bits per heavy atom. The second-order valence-electron chi connectivity index (χ2n) is 15.5. The number of hydrogen-bond acceptors (Lipinski definition) is 6. The fourth-order valence-corrected chi connectivity index (χ4v) is 8.01. The quantitative estimate of drug-likeness (QED) is 0.206. The molecule has 7 rings (SSSR count). The lowest BCUT2D eigenvalue weighted by Crippen LogP contribution is -2.59. The Balaban J connectivity index is 1.03.